The number of rotatable bonds is 0. The first-order valence-electron chi connectivity index (χ1n) is 6.65. The molecule has 3 heteroatoms. The van der Waals surface area contributed by atoms with Crippen molar-refractivity contribution in [2.24, 2.45) is 0 Å². The summed E-state index contributed by atoms with van der Waals surface area (Å²) in [6.07, 6.45) is 4.81. The molecule has 0 unspecified atom stereocenters. The summed E-state index contributed by atoms with van der Waals surface area (Å²) in [5.74, 6) is 0. The minimum atomic E-state index is -0.456. The number of benzene rings is 1. The molecule has 0 spiro atoms. The average Bonchev–Trinajstić information content (AvgIpc) is 2.27. The quantitative estimate of drug-likeness (QED) is 0.667. The van der Waals surface area contributed by atoms with Crippen LogP contribution in [0.25, 0.3) is 0 Å². The number of carbonyl (C=O) groups is 1. The molecule has 0 atom stereocenters. The summed E-state index contributed by atoms with van der Waals surface area (Å²) in [4.78, 5) is 13.9. The molecule has 0 aromatic heterocycles. The first kappa shape index (κ1) is 13.7. The number of carbonyl (C=O) groups excluding carboxylic acids is 1. The van der Waals surface area contributed by atoms with Crippen LogP contribution in [-0.2, 0) is 17.7 Å². The Labute approximate surface area is 114 Å². The minimum Gasteiger partial charge on any atom is -0.444 e. The van der Waals surface area contributed by atoms with Crippen molar-refractivity contribution in [1.82, 2.24) is 4.90 Å². The SMILES string of the molecule is CC(C)(C)OC(=O)N1CC=CCc2ccccc2C1. The normalized spacial score (nSPS) is 15.4. The van der Waals surface area contributed by atoms with Gasteiger partial charge in [0.25, 0.3) is 0 Å². The molecule has 2 rings (SSSR count). The van der Waals surface area contributed by atoms with E-state index in [4.69, 9.17) is 4.74 Å². The molecule has 0 saturated heterocycles. The molecule has 0 saturated carbocycles. The lowest BCUT2D eigenvalue weighted by Gasteiger charge is -2.28. The number of ether oxygens (including phenoxy) is 1. The second kappa shape index (κ2) is 5.47. The van der Waals surface area contributed by atoms with Gasteiger partial charge >= 0.3 is 6.09 Å². The third-order valence-electron chi connectivity index (χ3n) is 2.96. The zero-order valence-electron chi connectivity index (χ0n) is 11.8. The van der Waals surface area contributed by atoms with Gasteiger partial charge in [-0.25, -0.2) is 4.79 Å². The van der Waals surface area contributed by atoms with Gasteiger partial charge in [0.1, 0.15) is 5.60 Å². The van der Waals surface area contributed by atoms with E-state index in [1.165, 1.54) is 11.1 Å². The van der Waals surface area contributed by atoms with Gasteiger partial charge in [0.2, 0.25) is 0 Å². The number of hydrogen-bond donors (Lipinski definition) is 0. The van der Waals surface area contributed by atoms with Gasteiger partial charge < -0.3 is 9.64 Å². The van der Waals surface area contributed by atoms with Crippen LogP contribution >= 0.6 is 0 Å². The highest BCUT2D eigenvalue weighted by molar-refractivity contribution is 5.68. The van der Waals surface area contributed by atoms with E-state index in [9.17, 15) is 4.79 Å². The maximum Gasteiger partial charge on any atom is 0.410 e. The second-order valence-corrected chi connectivity index (χ2v) is 5.81. The van der Waals surface area contributed by atoms with E-state index in [1.54, 1.807) is 4.90 Å². The standard InChI is InChI=1S/C16H21NO2/c1-16(2,3)19-15(18)17-11-7-6-9-13-8-4-5-10-14(13)12-17/h4-8,10H,9,11-12H2,1-3H3. The first-order valence-corrected chi connectivity index (χ1v) is 6.65. The Kier molecular flexibility index (Phi) is 3.93. The fourth-order valence-corrected chi connectivity index (χ4v) is 2.06. The van der Waals surface area contributed by atoms with Gasteiger partial charge in [-0.3, -0.25) is 0 Å². The molecule has 0 N–H and O–H groups in total. The number of hydrogen-bond acceptors (Lipinski definition) is 2. The van der Waals surface area contributed by atoms with E-state index in [1.807, 2.05) is 39.0 Å². The lowest BCUT2D eigenvalue weighted by Crippen LogP contribution is -2.37. The average molecular weight is 259 g/mol. The molecule has 1 amide bonds. The first-order chi connectivity index (χ1) is 8.96. The van der Waals surface area contributed by atoms with Crippen LogP contribution in [0, 0.1) is 0 Å². The molecule has 0 aliphatic carbocycles. The molecular weight excluding hydrogens is 238 g/mol. The van der Waals surface area contributed by atoms with Crippen LogP contribution in [0.5, 0.6) is 0 Å². The van der Waals surface area contributed by atoms with Crippen LogP contribution in [0.15, 0.2) is 36.4 Å². The summed E-state index contributed by atoms with van der Waals surface area (Å²) in [5.41, 5.74) is 2.01. The van der Waals surface area contributed by atoms with Gasteiger partial charge in [0.05, 0.1) is 0 Å². The van der Waals surface area contributed by atoms with Crippen molar-refractivity contribution in [2.75, 3.05) is 6.54 Å². The Morgan fingerprint density at radius 1 is 1.16 bits per heavy atom. The molecular formula is C16H21NO2. The second-order valence-electron chi connectivity index (χ2n) is 5.81. The van der Waals surface area contributed by atoms with E-state index in [0.717, 1.165) is 6.42 Å². The minimum absolute atomic E-state index is 0.256. The third-order valence-corrected chi connectivity index (χ3v) is 2.96. The molecule has 102 valence electrons. The largest absolute Gasteiger partial charge is 0.444 e. The lowest BCUT2D eigenvalue weighted by atomic mass is 10.0. The zero-order valence-corrected chi connectivity index (χ0v) is 11.8. The van der Waals surface area contributed by atoms with Crippen molar-refractivity contribution < 1.29 is 9.53 Å². The third kappa shape index (κ3) is 3.85. The van der Waals surface area contributed by atoms with Gasteiger partial charge in [0, 0.05) is 13.1 Å². The molecule has 0 bridgehead atoms. The highest BCUT2D eigenvalue weighted by Gasteiger charge is 2.22. The molecule has 1 aliphatic heterocycles. The Hall–Kier alpha value is -1.77. The van der Waals surface area contributed by atoms with E-state index >= 15 is 0 Å². The monoisotopic (exact) mass is 259 g/mol. The van der Waals surface area contributed by atoms with Crippen LogP contribution in [0.3, 0.4) is 0 Å². The Balaban J connectivity index is 2.17. The van der Waals surface area contributed by atoms with Crippen molar-refractivity contribution in [3.8, 4) is 0 Å². The summed E-state index contributed by atoms with van der Waals surface area (Å²) in [6, 6.07) is 8.23. The highest BCUT2D eigenvalue weighted by Crippen LogP contribution is 2.17. The maximum absolute atomic E-state index is 12.2. The van der Waals surface area contributed by atoms with E-state index in [0.29, 0.717) is 13.1 Å². The summed E-state index contributed by atoms with van der Waals surface area (Å²) in [6.45, 7) is 6.87. The van der Waals surface area contributed by atoms with Crippen molar-refractivity contribution in [2.45, 2.75) is 39.3 Å². The van der Waals surface area contributed by atoms with Crippen LogP contribution in [0.2, 0.25) is 0 Å². The number of amides is 1. The zero-order chi connectivity index (χ0) is 13.9. The van der Waals surface area contributed by atoms with Crippen LogP contribution in [0.4, 0.5) is 4.79 Å². The molecule has 3 nitrogen and oxygen atoms in total. The fraction of sp³-hybridized carbons (Fsp3) is 0.438. The van der Waals surface area contributed by atoms with Crippen LogP contribution < -0.4 is 0 Å². The summed E-state index contributed by atoms with van der Waals surface area (Å²) < 4.78 is 5.44. The van der Waals surface area contributed by atoms with Crippen molar-refractivity contribution in [3.05, 3.63) is 47.5 Å². The topological polar surface area (TPSA) is 29.5 Å². The number of nitrogens with zero attached hydrogens (tertiary/aromatic N) is 1. The van der Waals surface area contributed by atoms with E-state index in [-0.39, 0.29) is 6.09 Å². The Morgan fingerprint density at radius 3 is 2.53 bits per heavy atom. The Bertz CT molecular complexity index is 486. The molecule has 1 aromatic rings. The fourth-order valence-electron chi connectivity index (χ4n) is 2.06. The van der Waals surface area contributed by atoms with Gasteiger partial charge in [-0.2, -0.15) is 0 Å². The number of fused-ring (bicyclic) bond motifs is 1. The lowest BCUT2D eigenvalue weighted by molar-refractivity contribution is 0.0255. The molecule has 19 heavy (non-hydrogen) atoms. The van der Waals surface area contributed by atoms with Gasteiger partial charge in [-0.15, -0.1) is 0 Å². The predicted octanol–water partition coefficient (Wildman–Crippen LogP) is 3.54. The molecule has 0 fully saturated rings. The molecule has 1 heterocycles. The van der Waals surface area contributed by atoms with Crippen LogP contribution in [0.1, 0.15) is 31.9 Å². The van der Waals surface area contributed by atoms with Crippen LogP contribution in [-0.4, -0.2) is 23.1 Å². The summed E-state index contributed by atoms with van der Waals surface area (Å²) in [7, 11) is 0. The van der Waals surface area contributed by atoms with Gasteiger partial charge in [-0.1, -0.05) is 36.4 Å². The highest BCUT2D eigenvalue weighted by atomic mass is 16.6. The van der Waals surface area contributed by atoms with Crippen molar-refractivity contribution in [1.29, 1.82) is 0 Å². The number of allylic oxidation sites excluding steroid dienone is 1. The maximum atomic E-state index is 12.2. The Morgan fingerprint density at radius 2 is 1.84 bits per heavy atom. The van der Waals surface area contributed by atoms with Gasteiger partial charge in [-0.05, 0) is 38.3 Å². The molecule has 1 aromatic carbocycles. The van der Waals surface area contributed by atoms with Crippen molar-refractivity contribution >= 4 is 6.09 Å². The summed E-state index contributed by atoms with van der Waals surface area (Å²) >= 11 is 0. The summed E-state index contributed by atoms with van der Waals surface area (Å²) in [5, 5.41) is 0. The smallest absolute Gasteiger partial charge is 0.410 e. The van der Waals surface area contributed by atoms with Crippen molar-refractivity contribution in [3.63, 3.8) is 0 Å². The molecule has 0 radical (unpaired) electrons. The predicted molar refractivity (Wildman–Crippen MR) is 75.9 cm³/mol. The molecule has 1 aliphatic rings. The van der Waals surface area contributed by atoms with E-state index < -0.39 is 5.60 Å². The van der Waals surface area contributed by atoms with E-state index in [2.05, 4.69) is 18.2 Å². The van der Waals surface area contributed by atoms with Gasteiger partial charge in [0.15, 0.2) is 0 Å².